The van der Waals surface area contributed by atoms with E-state index in [1.54, 1.807) is 9.80 Å². The van der Waals surface area contributed by atoms with Gasteiger partial charge in [-0.05, 0) is 31.0 Å². The SMILES string of the molecule is Cc1ccc(C[C@H]2CN(CC(=O)O)CCN(CC(=O)O)Cc3cccc(n3)CN2CC(=O)O)cc1. The van der Waals surface area contributed by atoms with Crippen LogP contribution in [0.25, 0.3) is 0 Å². The summed E-state index contributed by atoms with van der Waals surface area (Å²) in [5.74, 6) is -2.94. The van der Waals surface area contributed by atoms with E-state index in [4.69, 9.17) is 0 Å². The topological polar surface area (TPSA) is 135 Å². The van der Waals surface area contributed by atoms with Crippen LogP contribution in [0.4, 0.5) is 0 Å². The number of fused-ring (bicyclic) bond motifs is 2. The van der Waals surface area contributed by atoms with Crippen molar-refractivity contribution in [3.8, 4) is 0 Å². The Morgan fingerprint density at radius 2 is 1.40 bits per heavy atom. The Labute approximate surface area is 204 Å². The zero-order chi connectivity index (χ0) is 25.4. The molecule has 0 amide bonds. The van der Waals surface area contributed by atoms with Gasteiger partial charge in [0.1, 0.15) is 0 Å². The summed E-state index contributed by atoms with van der Waals surface area (Å²) < 4.78 is 0. The molecule has 1 aromatic carbocycles. The van der Waals surface area contributed by atoms with Crippen LogP contribution in [-0.2, 0) is 33.9 Å². The number of aromatic nitrogens is 1. The second-order valence-electron chi connectivity index (χ2n) is 9.00. The molecule has 0 radical (unpaired) electrons. The Kier molecular flexibility index (Phi) is 9.30. The van der Waals surface area contributed by atoms with E-state index in [1.165, 1.54) is 0 Å². The zero-order valence-electron chi connectivity index (χ0n) is 19.8. The van der Waals surface area contributed by atoms with E-state index in [1.807, 2.05) is 54.3 Å². The lowest BCUT2D eigenvalue weighted by molar-refractivity contribution is -0.141. The van der Waals surface area contributed by atoms with Gasteiger partial charge in [-0.2, -0.15) is 0 Å². The second-order valence-corrected chi connectivity index (χ2v) is 9.00. The van der Waals surface area contributed by atoms with Gasteiger partial charge in [0.25, 0.3) is 0 Å². The summed E-state index contributed by atoms with van der Waals surface area (Å²) >= 11 is 0. The number of carboxylic acids is 3. The van der Waals surface area contributed by atoms with Crippen LogP contribution in [0.5, 0.6) is 0 Å². The normalized spacial score (nSPS) is 18.4. The number of benzene rings is 1. The molecule has 1 atom stereocenters. The maximum atomic E-state index is 11.8. The molecule has 2 aromatic rings. The standard InChI is InChI=1S/C25H32N4O6/c1-18-5-7-19(8-6-18)11-22-14-28(16-24(32)33)10-9-27(15-23(30)31)12-20-3-2-4-21(26-20)13-29(22)17-25(34)35/h2-8,22H,9-17H2,1H3,(H,30,31)(H,32,33)(H,34,35)/t22-/m0/s1. The average Bonchev–Trinajstić information content (AvgIpc) is 2.76. The van der Waals surface area contributed by atoms with Gasteiger partial charge in [-0.3, -0.25) is 34.1 Å². The van der Waals surface area contributed by atoms with Crippen molar-refractivity contribution in [2.75, 3.05) is 39.3 Å². The van der Waals surface area contributed by atoms with Crippen molar-refractivity contribution in [1.29, 1.82) is 0 Å². The van der Waals surface area contributed by atoms with Gasteiger partial charge in [-0.1, -0.05) is 35.9 Å². The Bertz CT molecular complexity index is 1030. The van der Waals surface area contributed by atoms with Gasteiger partial charge >= 0.3 is 17.9 Å². The predicted octanol–water partition coefficient (Wildman–Crippen LogP) is 1.17. The fraction of sp³-hybridized carbons (Fsp3) is 0.440. The van der Waals surface area contributed by atoms with Gasteiger partial charge in [0.15, 0.2) is 0 Å². The van der Waals surface area contributed by atoms with Crippen molar-refractivity contribution < 1.29 is 29.7 Å². The summed E-state index contributed by atoms with van der Waals surface area (Å²) in [4.78, 5) is 44.8. The second kappa shape index (κ2) is 12.4. The summed E-state index contributed by atoms with van der Waals surface area (Å²) in [6, 6.07) is 13.2. The first kappa shape index (κ1) is 26.3. The molecule has 3 N–H and O–H groups in total. The third-order valence-corrected chi connectivity index (χ3v) is 5.98. The molecule has 0 spiro atoms. The number of aliphatic carboxylic acids is 3. The van der Waals surface area contributed by atoms with Crippen LogP contribution in [0.15, 0.2) is 42.5 Å². The lowest BCUT2D eigenvalue weighted by atomic mass is 10.0. The van der Waals surface area contributed by atoms with Gasteiger partial charge in [-0.25, -0.2) is 0 Å². The number of carboxylic acid groups (broad SMARTS) is 3. The van der Waals surface area contributed by atoms with Crippen molar-refractivity contribution in [1.82, 2.24) is 19.7 Å². The lowest BCUT2D eigenvalue weighted by Crippen LogP contribution is -2.50. The minimum atomic E-state index is -0.993. The molecule has 0 aliphatic carbocycles. The van der Waals surface area contributed by atoms with Gasteiger partial charge in [0.05, 0.1) is 31.0 Å². The first-order valence-corrected chi connectivity index (χ1v) is 11.5. The minimum Gasteiger partial charge on any atom is -0.480 e. The molecule has 0 fully saturated rings. The van der Waals surface area contributed by atoms with E-state index in [0.717, 1.165) is 11.1 Å². The molecule has 188 valence electrons. The minimum absolute atomic E-state index is 0.190. The Morgan fingerprint density at radius 1 is 0.829 bits per heavy atom. The van der Waals surface area contributed by atoms with Crippen LogP contribution in [0, 0.1) is 6.92 Å². The van der Waals surface area contributed by atoms with E-state index < -0.39 is 17.9 Å². The molecule has 35 heavy (non-hydrogen) atoms. The van der Waals surface area contributed by atoms with Gasteiger partial charge < -0.3 is 15.3 Å². The van der Waals surface area contributed by atoms with Gasteiger partial charge in [-0.15, -0.1) is 0 Å². The smallest absolute Gasteiger partial charge is 0.317 e. The summed E-state index contributed by atoms with van der Waals surface area (Å²) in [7, 11) is 0. The van der Waals surface area contributed by atoms with Crippen LogP contribution in [0.3, 0.4) is 0 Å². The van der Waals surface area contributed by atoms with E-state index in [-0.39, 0.29) is 32.2 Å². The molecule has 2 heterocycles. The number of aryl methyl sites for hydroxylation is 1. The molecular weight excluding hydrogens is 452 g/mol. The highest BCUT2D eigenvalue weighted by Crippen LogP contribution is 2.17. The summed E-state index contributed by atoms with van der Waals surface area (Å²) in [6.07, 6.45) is 0.530. The molecule has 10 heteroatoms. The van der Waals surface area contributed by atoms with Crippen LogP contribution >= 0.6 is 0 Å². The zero-order valence-corrected chi connectivity index (χ0v) is 19.8. The maximum absolute atomic E-state index is 11.8. The molecule has 0 unspecified atom stereocenters. The summed E-state index contributed by atoms with van der Waals surface area (Å²) in [5.41, 5.74) is 3.49. The number of rotatable bonds is 8. The van der Waals surface area contributed by atoms with Crippen molar-refractivity contribution in [3.05, 3.63) is 65.0 Å². The highest BCUT2D eigenvalue weighted by atomic mass is 16.4. The highest BCUT2D eigenvalue weighted by molar-refractivity contribution is 5.70. The van der Waals surface area contributed by atoms with Crippen molar-refractivity contribution in [2.45, 2.75) is 32.5 Å². The van der Waals surface area contributed by atoms with E-state index in [0.29, 0.717) is 44.0 Å². The summed E-state index contributed by atoms with van der Waals surface area (Å²) in [5, 5.41) is 28.5. The van der Waals surface area contributed by atoms with E-state index in [9.17, 15) is 29.7 Å². The first-order valence-electron chi connectivity index (χ1n) is 11.5. The molecule has 2 bridgehead atoms. The van der Waals surface area contributed by atoms with E-state index in [2.05, 4.69) is 4.98 Å². The molecular formula is C25H32N4O6. The predicted molar refractivity (Wildman–Crippen MR) is 128 cm³/mol. The lowest BCUT2D eigenvalue weighted by Gasteiger charge is -2.35. The van der Waals surface area contributed by atoms with Crippen LogP contribution < -0.4 is 0 Å². The largest absolute Gasteiger partial charge is 0.480 e. The molecule has 1 aliphatic heterocycles. The summed E-state index contributed by atoms with van der Waals surface area (Å²) in [6.45, 7) is 2.91. The molecule has 10 nitrogen and oxygen atoms in total. The van der Waals surface area contributed by atoms with Crippen molar-refractivity contribution >= 4 is 17.9 Å². The molecule has 1 aromatic heterocycles. The Morgan fingerprint density at radius 3 is 2.03 bits per heavy atom. The maximum Gasteiger partial charge on any atom is 0.317 e. The monoisotopic (exact) mass is 484 g/mol. The van der Waals surface area contributed by atoms with Crippen LogP contribution in [0.2, 0.25) is 0 Å². The van der Waals surface area contributed by atoms with Crippen molar-refractivity contribution in [3.63, 3.8) is 0 Å². The highest BCUT2D eigenvalue weighted by Gasteiger charge is 2.27. The van der Waals surface area contributed by atoms with Crippen LogP contribution in [-0.4, -0.2) is 98.2 Å². The molecule has 0 saturated heterocycles. The fourth-order valence-electron chi connectivity index (χ4n) is 4.35. The van der Waals surface area contributed by atoms with Gasteiger partial charge in [0.2, 0.25) is 0 Å². The van der Waals surface area contributed by atoms with E-state index >= 15 is 0 Å². The van der Waals surface area contributed by atoms with Gasteiger partial charge in [0, 0.05) is 38.8 Å². The molecule has 0 saturated carbocycles. The quantitative estimate of drug-likeness (QED) is 0.501. The third kappa shape index (κ3) is 8.75. The Balaban J connectivity index is 1.99. The third-order valence-electron chi connectivity index (χ3n) is 5.98. The van der Waals surface area contributed by atoms with Crippen LogP contribution in [0.1, 0.15) is 22.5 Å². The van der Waals surface area contributed by atoms with Crippen molar-refractivity contribution in [2.24, 2.45) is 0 Å². The number of hydrogen-bond donors (Lipinski definition) is 3. The number of nitrogens with zero attached hydrogens (tertiary/aromatic N) is 4. The number of carbonyl (C=O) groups is 3. The average molecular weight is 485 g/mol. The Hall–Kier alpha value is -3.34. The first-order chi connectivity index (χ1) is 16.7. The number of hydrogen-bond acceptors (Lipinski definition) is 7. The molecule has 3 rings (SSSR count). The number of pyridine rings is 1. The fourth-order valence-corrected chi connectivity index (χ4v) is 4.35. The molecule has 1 aliphatic rings.